The molecule has 2 heterocycles. The third-order valence-electron chi connectivity index (χ3n) is 3.25. The predicted octanol–water partition coefficient (Wildman–Crippen LogP) is 3.80. The molecule has 0 fully saturated rings. The molecule has 22 heavy (non-hydrogen) atoms. The molecule has 0 bridgehead atoms. The minimum Gasteiger partial charge on any atom is -0.340 e. The summed E-state index contributed by atoms with van der Waals surface area (Å²) in [7, 11) is 0. The number of halogens is 1. The van der Waals surface area contributed by atoms with E-state index in [0.29, 0.717) is 5.56 Å². The van der Waals surface area contributed by atoms with Gasteiger partial charge in [0.05, 0.1) is 6.04 Å². The third kappa shape index (κ3) is 3.20. The fourth-order valence-electron chi connectivity index (χ4n) is 2.15. The maximum Gasteiger partial charge on any atom is 0.252 e. The Kier molecular flexibility index (Phi) is 4.25. The topological polar surface area (TPSA) is 42.0 Å². The van der Waals surface area contributed by atoms with Gasteiger partial charge in [0, 0.05) is 22.8 Å². The van der Waals surface area contributed by atoms with E-state index in [1.165, 1.54) is 12.1 Å². The number of carbonyl (C=O) groups is 1. The van der Waals surface area contributed by atoms with Crippen molar-refractivity contribution in [2.45, 2.75) is 6.04 Å². The summed E-state index contributed by atoms with van der Waals surface area (Å²) in [6, 6.07) is 13.1. The molecular weight excluding hydrogens is 299 g/mol. The second-order valence-corrected chi connectivity index (χ2v) is 5.69. The Morgan fingerprint density at radius 1 is 1.09 bits per heavy atom. The molecule has 0 radical (unpaired) electrons. The van der Waals surface area contributed by atoms with E-state index >= 15 is 0 Å². The molecule has 1 aromatic carbocycles. The van der Waals surface area contributed by atoms with E-state index in [2.05, 4.69) is 10.3 Å². The van der Waals surface area contributed by atoms with Gasteiger partial charge >= 0.3 is 0 Å². The first kappa shape index (κ1) is 14.4. The Labute approximate surface area is 131 Å². The molecule has 3 aromatic rings. The quantitative estimate of drug-likeness (QED) is 0.796. The number of aromatic nitrogens is 1. The molecule has 1 N–H and O–H groups in total. The summed E-state index contributed by atoms with van der Waals surface area (Å²) in [6.07, 6.45) is 3.15. The van der Waals surface area contributed by atoms with Crippen LogP contribution in [-0.4, -0.2) is 10.9 Å². The van der Waals surface area contributed by atoms with Crippen LogP contribution in [0.2, 0.25) is 0 Å². The zero-order chi connectivity index (χ0) is 15.4. The molecule has 5 heteroatoms. The summed E-state index contributed by atoms with van der Waals surface area (Å²) < 4.78 is 13.1. The number of hydrogen-bond acceptors (Lipinski definition) is 3. The normalized spacial score (nSPS) is 11.9. The molecule has 1 unspecified atom stereocenters. The zero-order valence-electron chi connectivity index (χ0n) is 11.6. The van der Waals surface area contributed by atoms with Gasteiger partial charge in [0.15, 0.2) is 0 Å². The van der Waals surface area contributed by atoms with Crippen molar-refractivity contribution >= 4 is 17.2 Å². The Morgan fingerprint density at radius 3 is 2.45 bits per heavy atom. The SMILES string of the molecule is O=C(NC(c1ccc(F)cc1)c1cccs1)c1ccncc1. The highest BCUT2D eigenvalue weighted by molar-refractivity contribution is 7.10. The number of carbonyl (C=O) groups excluding carboxylic acids is 1. The highest BCUT2D eigenvalue weighted by Crippen LogP contribution is 2.26. The van der Waals surface area contributed by atoms with E-state index in [0.717, 1.165) is 10.4 Å². The number of hydrogen-bond donors (Lipinski definition) is 1. The van der Waals surface area contributed by atoms with Crippen LogP contribution in [0.4, 0.5) is 4.39 Å². The van der Waals surface area contributed by atoms with E-state index < -0.39 is 0 Å². The summed E-state index contributed by atoms with van der Waals surface area (Å²) in [6.45, 7) is 0. The molecule has 110 valence electrons. The van der Waals surface area contributed by atoms with E-state index in [1.54, 1.807) is 48.0 Å². The van der Waals surface area contributed by atoms with E-state index in [9.17, 15) is 9.18 Å². The van der Waals surface area contributed by atoms with Crippen LogP contribution in [-0.2, 0) is 0 Å². The van der Waals surface area contributed by atoms with E-state index in [-0.39, 0.29) is 17.8 Å². The largest absolute Gasteiger partial charge is 0.340 e. The fraction of sp³-hybridized carbons (Fsp3) is 0.0588. The molecule has 0 saturated carbocycles. The van der Waals surface area contributed by atoms with Crippen LogP contribution in [0.25, 0.3) is 0 Å². The van der Waals surface area contributed by atoms with Crippen LogP contribution in [0.5, 0.6) is 0 Å². The van der Waals surface area contributed by atoms with Gasteiger partial charge in [-0.3, -0.25) is 9.78 Å². The number of rotatable bonds is 4. The second kappa shape index (κ2) is 6.49. The van der Waals surface area contributed by atoms with Gasteiger partial charge in [-0.2, -0.15) is 0 Å². The van der Waals surface area contributed by atoms with Gasteiger partial charge in [0.2, 0.25) is 0 Å². The van der Waals surface area contributed by atoms with Crippen LogP contribution in [0.15, 0.2) is 66.3 Å². The Hall–Kier alpha value is -2.53. The monoisotopic (exact) mass is 312 g/mol. The standard InChI is InChI=1S/C17H13FN2OS/c18-14-5-3-12(4-6-14)16(15-2-1-11-22-15)20-17(21)13-7-9-19-10-8-13/h1-11,16H,(H,20,21). The van der Waals surface area contributed by atoms with Gasteiger partial charge in [-0.25, -0.2) is 4.39 Å². The number of amides is 1. The summed E-state index contributed by atoms with van der Waals surface area (Å²) in [5, 5.41) is 4.94. The molecule has 0 aliphatic carbocycles. The first-order valence-electron chi connectivity index (χ1n) is 6.74. The predicted molar refractivity (Wildman–Crippen MR) is 84.3 cm³/mol. The van der Waals surface area contributed by atoms with Crippen LogP contribution < -0.4 is 5.32 Å². The van der Waals surface area contributed by atoms with Crippen molar-refractivity contribution in [3.05, 3.63) is 88.1 Å². The van der Waals surface area contributed by atoms with Crippen molar-refractivity contribution in [3.63, 3.8) is 0 Å². The number of thiophene rings is 1. The van der Waals surface area contributed by atoms with Gasteiger partial charge in [0.1, 0.15) is 5.82 Å². The number of benzene rings is 1. The van der Waals surface area contributed by atoms with Crippen molar-refractivity contribution in [1.82, 2.24) is 10.3 Å². The fourth-order valence-corrected chi connectivity index (χ4v) is 2.95. The molecule has 1 atom stereocenters. The summed E-state index contributed by atoms with van der Waals surface area (Å²) in [5.41, 5.74) is 1.38. The molecule has 3 rings (SSSR count). The molecule has 0 aliphatic rings. The Morgan fingerprint density at radius 2 is 1.82 bits per heavy atom. The summed E-state index contributed by atoms with van der Waals surface area (Å²) >= 11 is 1.55. The minimum absolute atomic E-state index is 0.190. The van der Waals surface area contributed by atoms with Gasteiger partial charge in [-0.1, -0.05) is 18.2 Å². The van der Waals surface area contributed by atoms with Crippen LogP contribution in [0.3, 0.4) is 0 Å². The molecule has 0 saturated heterocycles. The zero-order valence-corrected chi connectivity index (χ0v) is 12.4. The van der Waals surface area contributed by atoms with E-state index in [4.69, 9.17) is 0 Å². The number of nitrogens with zero attached hydrogens (tertiary/aromatic N) is 1. The van der Waals surface area contributed by atoms with Crippen molar-refractivity contribution in [2.75, 3.05) is 0 Å². The number of nitrogens with one attached hydrogen (secondary N) is 1. The molecule has 1 amide bonds. The maximum absolute atomic E-state index is 13.1. The van der Waals surface area contributed by atoms with Crippen molar-refractivity contribution < 1.29 is 9.18 Å². The lowest BCUT2D eigenvalue weighted by Crippen LogP contribution is -2.28. The lowest BCUT2D eigenvalue weighted by atomic mass is 10.0. The van der Waals surface area contributed by atoms with Crippen molar-refractivity contribution in [2.24, 2.45) is 0 Å². The van der Waals surface area contributed by atoms with Gasteiger partial charge in [-0.05, 0) is 41.3 Å². The number of pyridine rings is 1. The van der Waals surface area contributed by atoms with Crippen molar-refractivity contribution in [3.8, 4) is 0 Å². The lowest BCUT2D eigenvalue weighted by Gasteiger charge is -2.18. The first-order chi connectivity index (χ1) is 10.7. The minimum atomic E-state index is -0.304. The van der Waals surface area contributed by atoms with Crippen molar-refractivity contribution in [1.29, 1.82) is 0 Å². The third-order valence-corrected chi connectivity index (χ3v) is 4.19. The highest BCUT2D eigenvalue weighted by Gasteiger charge is 2.18. The summed E-state index contributed by atoms with van der Waals surface area (Å²) in [4.78, 5) is 17.3. The molecule has 0 aliphatic heterocycles. The summed E-state index contributed by atoms with van der Waals surface area (Å²) in [5.74, 6) is -0.487. The van der Waals surface area contributed by atoms with Crippen LogP contribution in [0, 0.1) is 5.82 Å². The molecule has 2 aromatic heterocycles. The van der Waals surface area contributed by atoms with Gasteiger partial charge in [0.25, 0.3) is 5.91 Å². The average Bonchev–Trinajstić information content (AvgIpc) is 3.08. The average molecular weight is 312 g/mol. The van der Waals surface area contributed by atoms with E-state index in [1.807, 2.05) is 17.5 Å². The van der Waals surface area contributed by atoms with Crippen LogP contribution in [0.1, 0.15) is 26.8 Å². The van der Waals surface area contributed by atoms with Crippen LogP contribution >= 0.6 is 11.3 Å². The lowest BCUT2D eigenvalue weighted by molar-refractivity contribution is 0.0943. The molecular formula is C17H13FN2OS. The maximum atomic E-state index is 13.1. The smallest absolute Gasteiger partial charge is 0.252 e. The second-order valence-electron chi connectivity index (χ2n) is 4.71. The Balaban J connectivity index is 1.90. The molecule has 3 nitrogen and oxygen atoms in total. The molecule has 0 spiro atoms. The first-order valence-corrected chi connectivity index (χ1v) is 7.62. The Bertz CT molecular complexity index is 742. The highest BCUT2D eigenvalue weighted by atomic mass is 32.1. The van der Waals surface area contributed by atoms with Gasteiger partial charge in [-0.15, -0.1) is 11.3 Å². The van der Waals surface area contributed by atoms with Gasteiger partial charge < -0.3 is 5.32 Å².